The molecule has 0 amide bonds. The second-order valence-corrected chi connectivity index (χ2v) is 5.98. The minimum Gasteiger partial charge on any atom is -0.374 e. The molecule has 3 nitrogen and oxygen atoms in total. The van der Waals surface area contributed by atoms with Crippen LogP contribution in [-0.2, 0) is 4.74 Å². The van der Waals surface area contributed by atoms with Crippen LogP contribution in [0.1, 0.15) is 24.4 Å². The summed E-state index contributed by atoms with van der Waals surface area (Å²) in [6.45, 7) is 2.31. The zero-order chi connectivity index (χ0) is 14.1. The van der Waals surface area contributed by atoms with E-state index in [4.69, 9.17) is 16.3 Å². The summed E-state index contributed by atoms with van der Waals surface area (Å²) >= 11 is 5.87. The molecule has 1 aromatic carbocycles. The molecule has 0 radical (unpaired) electrons. The van der Waals surface area contributed by atoms with E-state index in [1.807, 2.05) is 7.05 Å². The van der Waals surface area contributed by atoms with Crippen molar-refractivity contribution in [2.24, 2.45) is 0 Å². The highest BCUT2D eigenvalue weighted by Crippen LogP contribution is 2.39. The van der Waals surface area contributed by atoms with Crippen molar-refractivity contribution in [3.05, 3.63) is 34.6 Å². The molecule has 1 aliphatic heterocycles. The molecule has 20 heavy (non-hydrogen) atoms. The number of benzene rings is 1. The van der Waals surface area contributed by atoms with Crippen molar-refractivity contribution in [3.63, 3.8) is 0 Å². The van der Waals surface area contributed by atoms with E-state index in [1.54, 1.807) is 12.1 Å². The lowest BCUT2D eigenvalue weighted by Gasteiger charge is -2.42. The highest BCUT2D eigenvalue weighted by Gasteiger charge is 2.41. The van der Waals surface area contributed by atoms with Gasteiger partial charge < -0.3 is 10.1 Å². The van der Waals surface area contributed by atoms with Crippen LogP contribution < -0.4 is 5.32 Å². The first-order chi connectivity index (χ1) is 9.70. The van der Waals surface area contributed by atoms with E-state index < -0.39 is 0 Å². The van der Waals surface area contributed by atoms with Crippen molar-refractivity contribution in [2.45, 2.75) is 31.0 Å². The predicted octanol–water partition coefficient (Wildman–Crippen LogP) is 2.60. The van der Waals surface area contributed by atoms with Gasteiger partial charge in [-0.15, -0.1) is 0 Å². The molecular formula is C15H20ClFN2O. The van der Waals surface area contributed by atoms with Gasteiger partial charge in [-0.25, -0.2) is 4.39 Å². The van der Waals surface area contributed by atoms with E-state index in [2.05, 4.69) is 10.2 Å². The average Bonchev–Trinajstić information content (AvgIpc) is 3.24. The smallest absolute Gasteiger partial charge is 0.129 e. The van der Waals surface area contributed by atoms with Crippen LogP contribution >= 0.6 is 11.6 Å². The molecule has 2 fully saturated rings. The summed E-state index contributed by atoms with van der Waals surface area (Å²) in [4.78, 5) is 2.40. The Hall–Kier alpha value is -0.680. The molecule has 2 atom stereocenters. The number of nitrogens with zero attached hydrogens (tertiary/aromatic N) is 1. The van der Waals surface area contributed by atoms with Crippen LogP contribution in [0.5, 0.6) is 0 Å². The maximum Gasteiger partial charge on any atom is 0.129 e. The Morgan fingerprint density at radius 2 is 2.25 bits per heavy atom. The van der Waals surface area contributed by atoms with E-state index in [0.29, 0.717) is 23.2 Å². The van der Waals surface area contributed by atoms with Gasteiger partial charge in [0.15, 0.2) is 0 Å². The minimum absolute atomic E-state index is 0.0231. The Kier molecular flexibility index (Phi) is 4.26. The average molecular weight is 299 g/mol. The van der Waals surface area contributed by atoms with Gasteiger partial charge in [0.25, 0.3) is 0 Å². The van der Waals surface area contributed by atoms with E-state index >= 15 is 0 Å². The third-order valence-corrected chi connectivity index (χ3v) is 4.33. The van der Waals surface area contributed by atoms with Crippen LogP contribution in [0.15, 0.2) is 18.2 Å². The summed E-state index contributed by atoms with van der Waals surface area (Å²) in [5.41, 5.74) is 0.696. The molecule has 0 aromatic heterocycles. The number of ether oxygens (including phenoxy) is 1. The van der Waals surface area contributed by atoms with Crippen molar-refractivity contribution < 1.29 is 9.13 Å². The van der Waals surface area contributed by atoms with E-state index in [-0.39, 0.29) is 18.0 Å². The molecule has 110 valence electrons. The molecule has 1 saturated heterocycles. The number of rotatable bonds is 4. The lowest BCUT2D eigenvalue weighted by atomic mass is 9.97. The number of halogens is 2. The predicted molar refractivity (Wildman–Crippen MR) is 77.5 cm³/mol. The van der Waals surface area contributed by atoms with Gasteiger partial charge in [0.1, 0.15) is 5.82 Å². The number of nitrogens with one attached hydrogen (secondary N) is 1. The van der Waals surface area contributed by atoms with Crippen LogP contribution in [0.25, 0.3) is 0 Å². The van der Waals surface area contributed by atoms with Gasteiger partial charge in [-0.05, 0) is 32.0 Å². The third kappa shape index (κ3) is 2.84. The highest BCUT2D eigenvalue weighted by molar-refractivity contribution is 6.30. The van der Waals surface area contributed by atoms with Crippen LogP contribution in [0, 0.1) is 5.82 Å². The second kappa shape index (κ2) is 5.98. The summed E-state index contributed by atoms with van der Waals surface area (Å²) in [5.74, 6) is -0.236. The fourth-order valence-corrected chi connectivity index (χ4v) is 3.22. The molecule has 1 heterocycles. The van der Waals surface area contributed by atoms with E-state index in [0.717, 1.165) is 13.1 Å². The van der Waals surface area contributed by atoms with Gasteiger partial charge in [-0.2, -0.15) is 0 Å². The van der Waals surface area contributed by atoms with Gasteiger partial charge in [-0.3, -0.25) is 4.90 Å². The molecule has 1 N–H and O–H groups in total. The van der Waals surface area contributed by atoms with Crippen molar-refractivity contribution in [3.8, 4) is 0 Å². The first-order valence-corrected chi connectivity index (χ1v) is 7.55. The molecule has 2 unspecified atom stereocenters. The summed E-state index contributed by atoms with van der Waals surface area (Å²) in [5, 5.41) is 3.58. The first kappa shape index (κ1) is 14.3. The molecule has 1 saturated carbocycles. The summed E-state index contributed by atoms with van der Waals surface area (Å²) in [6.07, 6.45) is 2.39. The third-order valence-electron chi connectivity index (χ3n) is 4.09. The van der Waals surface area contributed by atoms with Crippen molar-refractivity contribution in [1.29, 1.82) is 0 Å². The molecule has 0 bridgehead atoms. The first-order valence-electron chi connectivity index (χ1n) is 7.17. The fourth-order valence-electron chi connectivity index (χ4n) is 3.06. The minimum atomic E-state index is -0.236. The fraction of sp³-hybridized carbons (Fsp3) is 0.600. The Morgan fingerprint density at radius 1 is 1.45 bits per heavy atom. The van der Waals surface area contributed by atoms with E-state index in [9.17, 15) is 4.39 Å². The van der Waals surface area contributed by atoms with Gasteiger partial charge in [0.2, 0.25) is 0 Å². The molecular weight excluding hydrogens is 279 g/mol. The van der Waals surface area contributed by atoms with Crippen molar-refractivity contribution >= 4 is 11.6 Å². The Morgan fingerprint density at radius 3 is 2.90 bits per heavy atom. The Labute approximate surface area is 124 Å². The van der Waals surface area contributed by atoms with E-state index in [1.165, 1.54) is 18.9 Å². The number of hydrogen-bond acceptors (Lipinski definition) is 3. The molecule has 1 aromatic rings. The topological polar surface area (TPSA) is 24.5 Å². The standard InChI is InChI=1S/C15H20ClFN2O/c1-18-9-14-15(12-5-2-10(16)8-13(12)17)19(6-7-20-14)11-3-4-11/h2,5,8,11,14-15,18H,3-4,6-7,9H2,1H3. The van der Waals surface area contributed by atoms with Gasteiger partial charge in [0, 0.05) is 29.7 Å². The van der Waals surface area contributed by atoms with Crippen LogP contribution in [-0.4, -0.2) is 43.8 Å². The number of morpholine rings is 1. The van der Waals surface area contributed by atoms with Crippen molar-refractivity contribution in [1.82, 2.24) is 10.2 Å². The van der Waals surface area contributed by atoms with Gasteiger partial charge in [-0.1, -0.05) is 17.7 Å². The van der Waals surface area contributed by atoms with Crippen LogP contribution in [0.4, 0.5) is 4.39 Å². The molecule has 0 spiro atoms. The molecule has 3 rings (SSSR count). The van der Waals surface area contributed by atoms with Gasteiger partial charge in [0.05, 0.1) is 18.8 Å². The quantitative estimate of drug-likeness (QED) is 0.925. The second-order valence-electron chi connectivity index (χ2n) is 5.55. The zero-order valence-electron chi connectivity index (χ0n) is 11.6. The summed E-state index contributed by atoms with van der Waals surface area (Å²) in [7, 11) is 1.90. The molecule has 1 aliphatic carbocycles. The van der Waals surface area contributed by atoms with Gasteiger partial charge >= 0.3 is 0 Å². The van der Waals surface area contributed by atoms with Crippen molar-refractivity contribution in [2.75, 3.05) is 26.7 Å². The lowest BCUT2D eigenvalue weighted by Crippen LogP contribution is -2.49. The van der Waals surface area contributed by atoms with Crippen LogP contribution in [0.2, 0.25) is 5.02 Å². The van der Waals surface area contributed by atoms with Crippen LogP contribution in [0.3, 0.4) is 0 Å². The SMILES string of the molecule is CNCC1OCCN(C2CC2)C1c1ccc(Cl)cc1F. The monoisotopic (exact) mass is 298 g/mol. The normalized spacial score (nSPS) is 27.8. The number of hydrogen-bond donors (Lipinski definition) is 1. The number of likely N-dealkylation sites (N-methyl/N-ethyl adjacent to an activating group) is 1. The largest absolute Gasteiger partial charge is 0.374 e. The maximum absolute atomic E-state index is 14.3. The maximum atomic E-state index is 14.3. The molecule has 5 heteroatoms. The lowest BCUT2D eigenvalue weighted by molar-refractivity contribution is -0.0749. The Balaban J connectivity index is 1.93. The summed E-state index contributed by atoms with van der Waals surface area (Å²) in [6, 6.07) is 5.51. The zero-order valence-corrected chi connectivity index (χ0v) is 12.4. The Bertz CT molecular complexity index is 479. The molecule has 2 aliphatic rings. The highest BCUT2D eigenvalue weighted by atomic mass is 35.5. The summed E-state index contributed by atoms with van der Waals surface area (Å²) < 4.78 is 20.2.